The van der Waals surface area contributed by atoms with Crippen LogP contribution in [0.4, 0.5) is 0 Å². The highest BCUT2D eigenvalue weighted by Crippen LogP contribution is 2.28. The Hall–Kier alpha value is -0.960. The molecule has 0 saturated carbocycles. The maximum atomic E-state index is 12.5. The average Bonchev–Trinajstić information content (AvgIpc) is 2.81. The van der Waals surface area contributed by atoms with Crippen molar-refractivity contribution in [3.8, 4) is 0 Å². The predicted molar refractivity (Wildman–Crippen MR) is 72.0 cm³/mol. The monoisotopic (exact) mass is 304 g/mol. The van der Waals surface area contributed by atoms with Crippen molar-refractivity contribution in [1.82, 2.24) is 9.62 Å². The number of hydrogen-bond acceptors (Lipinski definition) is 5. The topological polar surface area (TPSA) is 75.7 Å². The molecular weight excluding hydrogens is 288 g/mol. The van der Waals surface area contributed by atoms with E-state index in [1.807, 2.05) is 0 Å². The number of hydrogen-bond donors (Lipinski definition) is 1. The van der Waals surface area contributed by atoms with Gasteiger partial charge in [0.25, 0.3) is 5.91 Å². The van der Waals surface area contributed by atoms with Gasteiger partial charge in [-0.05, 0) is 13.0 Å². The molecule has 1 aliphatic heterocycles. The molecule has 19 heavy (non-hydrogen) atoms. The first-order valence-corrected chi connectivity index (χ1v) is 8.13. The molecule has 1 N–H and O–H groups in total. The number of sulfonamides is 1. The second kappa shape index (κ2) is 5.58. The summed E-state index contributed by atoms with van der Waals surface area (Å²) in [5, 5.41) is 2.50. The smallest absolute Gasteiger partial charge is 0.261 e. The molecule has 106 valence electrons. The summed E-state index contributed by atoms with van der Waals surface area (Å²) >= 11 is 1.19. The minimum atomic E-state index is -3.53. The summed E-state index contributed by atoms with van der Waals surface area (Å²) in [5.74, 6) is -0.267. The Bertz CT molecular complexity index is 574. The molecule has 0 aliphatic carbocycles. The number of carbonyl (C=O) groups is 1. The fourth-order valence-corrected chi connectivity index (χ4v) is 4.80. The van der Waals surface area contributed by atoms with Gasteiger partial charge in [0.15, 0.2) is 0 Å². The van der Waals surface area contributed by atoms with Crippen molar-refractivity contribution < 1.29 is 17.9 Å². The molecule has 1 amide bonds. The molecule has 2 heterocycles. The largest absolute Gasteiger partial charge is 0.379 e. The van der Waals surface area contributed by atoms with E-state index in [-0.39, 0.29) is 10.8 Å². The van der Waals surface area contributed by atoms with Gasteiger partial charge in [-0.25, -0.2) is 8.42 Å². The highest BCUT2D eigenvalue weighted by Gasteiger charge is 2.29. The van der Waals surface area contributed by atoms with Gasteiger partial charge in [-0.2, -0.15) is 4.31 Å². The van der Waals surface area contributed by atoms with E-state index < -0.39 is 10.0 Å². The standard InChI is InChI=1S/C11H16N2O4S2/c1-8-10(7-9(18-8)11(14)12-2)19(15,16)13-3-5-17-6-4-13/h7H,3-6H2,1-2H3,(H,12,14). The van der Waals surface area contributed by atoms with Crippen LogP contribution in [0.5, 0.6) is 0 Å². The summed E-state index contributed by atoms with van der Waals surface area (Å²) in [4.78, 5) is 12.8. The second-order valence-electron chi connectivity index (χ2n) is 4.13. The van der Waals surface area contributed by atoms with Gasteiger partial charge in [0.1, 0.15) is 0 Å². The normalized spacial score (nSPS) is 17.4. The fraction of sp³-hybridized carbons (Fsp3) is 0.545. The molecule has 0 atom stereocenters. The van der Waals surface area contributed by atoms with E-state index in [0.29, 0.717) is 36.1 Å². The molecule has 1 aromatic rings. The SMILES string of the molecule is CNC(=O)c1cc(S(=O)(=O)N2CCOCC2)c(C)s1. The number of nitrogens with one attached hydrogen (secondary N) is 1. The van der Waals surface area contributed by atoms with Crippen molar-refractivity contribution in [3.05, 3.63) is 15.8 Å². The van der Waals surface area contributed by atoms with Crippen LogP contribution in [0, 0.1) is 6.92 Å². The average molecular weight is 304 g/mol. The Morgan fingerprint density at radius 1 is 1.42 bits per heavy atom. The Kier molecular flexibility index (Phi) is 4.24. The van der Waals surface area contributed by atoms with Crippen molar-refractivity contribution in [2.45, 2.75) is 11.8 Å². The van der Waals surface area contributed by atoms with Gasteiger partial charge in [-0.1, -0.05) is 0 Å². The summed E-state index contributed by atoms with van der Waals surface area (Å²) in [6.45, 7) is 3.24. The number of ether oxygens (including phenoxy) is 1. The Morgan fingerprint density at radius 2 is 2.05 bits per heavy atom. The molecule has 1 saturated heterocycles. The molecule has 6 nitrogen and oxygen atoms in total. The molecule has 0 radical (unpaired) electrons. The van der Waals surface area contributed by atoms with Crippen molar-refractivity contribution in [3.63, 3.8) is 0 Å². The number of amides is 1. The van der Waals surface area contributed by atoms with Gasteiger partial charge in [-0.15, -0.1) is 11.3 Å². The molecule has 1 aliphatic rings. The van der Waals surface area contributed by atoms with Crippen LogP contribution in [-0.2, 0) is 14.8 Å². The van der Waals surface area contributed by atoms with E-state index in [4.69, 9.17) is 4.74 Å². The van der Waals surface area contributed by atoms with Crippen LogP contribution in [0.1, 0.15) is 14.5 Å². The van der Waals surface area contributed by atoms with Crippen molar-refractivity contribution in [1.29, 1.82) is 0 Å². The second-order valence-corrected chi connectivity index (χ2v) is 7.29. The minimum absolute atomic E-state index is 0.220. The molecule has 0 spiro atoms. The van der Waals surface area contributed by atoms with Gasteiger partial charge < -0.3 is 10.1 Å². The van der Waals surface area contributed by atoms with E-state index in [0.717, 1.165) is 0 Å². The predicted octanol–water partition coefficient (Wildman–Crippen LogP) is 0.437. The zero-order valence-electron chi connectivity index (χ0n) is 10.8. The zero-order valence-corrected chi connectivity index (χ0v) is 12.4. The van der Waals surface area contributed by atoms with E-state index >= 15 is 0 Å². The van der Waals surface area contributed by atoms with Crippen LogP contribution in [0.3, 0.4) is 0 Å². The zero-order chi connectivity index (χ0) is 14.0. The van der Waals surface area contributed by atoms with Gasteiger partial charge in [0, 0.05) is 25.0 Å². The fourth-order valence-electron chi connectivity index (χ4n) is 1.88. The first-order chi connectivity index (χ1) is 8.96. The van der Waals surface area contributed by atoms with Gasteiger partial charge in [0.05, 0.1) is 23.0 Å². The Labute approximate surface area is 116 Å². The molecular formula is C11H16N2O4S2. The first kappa shape index (κ1) is 14.4. The van der Waals surface area contributed by atoms with Crippen LogP contribution in [0.25, 0.3) is 0 Å². The lowest BCUT2D eigenvalue weighted by molar-refractivity contribution is 0.0730. The molecule has 0 bridgehead atoms. The van der Waals surface area contributed by atoms with E-state index in [2.05, 4.69) is 5.32 Å². The van der Waals surface area contributed by atoms with Crippen LogP contribution in [-0.4, -0.2) is 52.0 Å². The summed E-state index contributed by atoms with van der Waals surface area (Å²) in [6.07, 6.45) is 0. The third kappa shape index (κ3) is 2.81. The van der Waals surface area contributed by atoms with Crippen LogP contribution in [0.15, 0.2) is 11.0 Å². The lowest BCUT2D eigenvalue weighted by atomic mass is 10.4. The quantitative estimate of drug-likeness (QED) is 0.879. The third-order valence-corrected chi connectivity index (χ3v) is 6.11. The van der Waals surface area contributed by atoms with Gasteiger partial charge in [0.2, 0.25) is 10.0 Å². The number of thiophene rings is 1. The van der Waals surface area contributed by atoms with Crippen molar-refractivity contribution >= 4 is 27.3 Å². The van der Waals surface area contributed by atoms with Crippen LogP contribution >= 0.6 is 11.3 Å². The Morgan fingerprint density at radius 3 is 2.63 bits per heavy atom. The lowest BCUT2D eigenvalue weighted by Gasteiger charge is -2.25. The van der Waals surface area contributed by atoms with Crippen LogP contribution in [0.2, 0.25) is 0 Å². The number of morpholine rings is 1. The lowest BCUT2D eigenvalue weighted by Crippen LogP contribution is -2.40. The summed E-state index contributed by atoms with van der Waals surface area (Å²) in [5.41, 5.74) is 0. The molecule has 0 aromatic carbocycles. The van der Waals surface area contributed by atoms with E-state index in [1.54, 1.807) is 6.92 Å². The number of aryl methyl sites for hydroxylation is 1. The summed E-state index contributed by atoms with van der Waals surface area (Å²) in [6, 6.07) is 1.45. The third-order valence-electron chi connectivity index (χ3n) is 2.91. The van der Waals surface area contributed by atoms with Crippen molar-refractivity contribution in [2.24, 2.45) is 0 Å². The number of rotatable bonds is 3. The first-order valence-electron chi connectivity index (χ1n) is 5.87. The maximum Gasteiger partial charge on any atom is 0.261 e. The molecule has 1 fully saturated rings. The van der Waals surface area contributed by atoms with Crippen LogP contribution < -0.4 is 5.32 Å². The number of carbonyl (C=O) groups excluding carboxylic acids is 1. The molecule has 0 unspecified atom stereocenters. The van der Waals surface area contributed by atoms with Crippen molar-refractivity contribution in [2.75, 3.05) is 33.4 Å². The molecule has 2 rings (SSSR count). The van der Waals surface area contributed by atoms with Gasteiger partial charge in [-0.3, -0.25) is 4.79 Å². The minimum Gasteiger partial charge on any atom is -0.379 e. The number of nitrogens with zero attached hydrogens (tertiary/aromatic N) is 1. The summed E-state index contributed by atoms with van der Waals surface area (Å²) < 4.78 is 31.5. The Balaban J connectivity index is 2.34. The maximum absolute atomic E-state index is 12.5. The summed E-state index contributed by atoms with van der Waals surface area (Å²) in [7, 11) is -2.01. The highest BCUT2D eigenvalue weighted by molar-refractivity contribution is 7.89. The van der Waals surface area contributed by atoms with E-state index in [1.165, 1.54) is 28.8 Å². The van der Waals surface area contributed by atoms with Gasteiger partial charge >= 0.3 is 0 Å². The van der Waals surface area contributed by atoms with E-state index in [9.17, 15) is 13.2 Å². The highest BCUT2D eigenvalue weighted by atomic mass is 32.2. The molecule has 1 aromatic heterocycles. The molecule has 8 heteroatoms.